The van der Waals surface area contributed by atoms with Gasteiger partial charge >= 0.3 is 5.97 Å². The molecule has 0 aromatic heterocycles. The van der Waals surface area contributed by atoms with E-state index >= 15 is 0 Å². The van der Waals surface area contributed by atoms with E-state index in [4.69, 9.17) is 9.84 Å². The molecule has 20 heavy (non-hydrogen) atoms. The minimum absolute atomic E-state index is 0.0696. The normalized spacial score (nSPS) is 16.8. The van der Waals surface area contributed by atoms with Crippen LogP contribution in [0, 0.1) is 5.82 Å². The van der Waals surface area contributed by atoms with Gasteiger partial charge in [-0.1, -0.05) is 6.07 Å². The fraction of sp³-hybridized carbons (Fsp3) is 0.462. The Hall–Kier alpha value is -1.63. The molecule has 1 saturated carbocycles. The molecule has 1 aliphatic rings. The zero-order chi connectivity index (χ0) is 15.1. The van der Waals surface area contributed by atoms with Gasteiger partial charge in [0.25, 0.3) is 0 Å². The minimum atomic E-state index is -3.81. The van der Waals surface area contributed by atoms with Gasteiger partial charge in [-0.3, -0.25) is 4.79 Å². The van der Waals surface area contributed by atoms with E-state index in [1.165, 1.54) is 19.2 Å². The van der Waals surface area contributed by atoms with E-state index in [-0.39, 0.29) is 17.7 Å². The number of benzene rings is 1. The van der Waals surface area contributed by atoms with Crippen LogP contribution in [0.3, 0.4) is 0 Å². The Morgan fingerprint density at radius 1 is 1.45 bits per heavy atom. The van der Waals surface area contributed by atoms with E-state index in [0.717, 1.165) is 6.26 Å². The standard InChI is InChI=1S/C13H15FO5S/c1-19-9-4-3-8(11(14)12(9)20(2,17)18)13(5-6-13)7-10(15)16/h3-4H,5-7H2,1-2H3,(H,15,16). The van der Waals surface area contributed by atoms with Crippen LogP contribution >= 0.6 is 0 Å². The molecule has 7 heteroatoms. The van der Waals surface area contributed by atoms with Crippen molar-refractivity contribution in [1.29, 1.82) is 0 Å². The monoisotopic (exact) mass is 302 g/mol. The maximum absolute atomic E-state index is 14.5. The number of carboxylic acids is 1. The number of carboxylic acid groups (broad SMARTS) is 1. The molecule has 0 bridgehead atoms. The molecule has 1 N–H and O–H groups in total. The van der Waals surface area contributed by atoms with Crippen LogP contribution in [0.1, 0.15) is 24.8 Å². The lowest BCUT2D eigenvalue weighted by molar-refractivity contribution is -0.137. The summed E-state index contributed by atoms with van der Waals surface area (Å²) < 4.78 is 42.9. The zero-order valence-electron chi connectivity index (χ0n) is 11.1. The SMILES string of the molecule is COc1ccc(C2(CC(=O)O)CC2)c(F)c1S(C)(=O)=O. The summed E-state index contributed by atoms with van der Waals surface area (Å²) in [6, 6.07) is 2.79. The largest absolute Gasteiger partial charge is 0.495 e. The second kappa shape index (κ2) is 4.73. The molecule has 0 spiro atoms. The first kappa shape index (κ1) is 14.8. The Kier molecular flexibility index (Phi) is 3.49. The van der Waals surface area contributed by atoms with Gasteiger partial charge in [0.2, 0.25) is 0 Å². The first-order valence-corrected chi connectivity index (χ1v) is 7.89. The molecule has 5 nitrogen and oxygen atoms in total. The molecule has 0 atom stereocenters. The highest BCUT2D eigenvalue weighted by molar-refractivity contribution is 7.90. The number of rotatable bonds is 5. The summed E-state index contributed by atoms with van der Waals surface area (Å²) in [4.78, 5) is 10.4. The van der Waals surface area contributed by atoms with Crippen LogP contribution in [0.4, 0.5) is 4.39 Å². The third-order valence-electron chi connectivity index (χ3n) is 3.57. The van der Waals surface area contributed by atoms with Crippen molar-refractivity contribution in [1.82, 2.24) is 0 Å². The van der Waals surface area contributed by atoms with Gasteiger partial charge in [0.15, 0.2) is 9.84 Å². The lowest BCUT2D eigenvalue weighted by Gasteiger charge is -2.17. The summed E-state index contributed by atoms with van der Waals surface area (Å²) in [5.74, 6) is -2.00. The number of sulfone groups is 1. The molecule has 0 saturated heterocycles. The first-order chi connectivity index (χ1) is 9.21. The predicted octanol–water partition coefficient (Wildman–Crippen LogP) is 1.74. The molecule has 1 aliphatic carbocycles. The highest BCUT2D eigenvalue weighted by Gasteiger charge is 2.48. The lowest BCUT2D eigenvalue weighted by atomic mass is 9.92. The summed E-state index contributed by atoms with van der Waals surface area (Å²) in [5.41, 5.74) is -0.650. The molecule has 0 amide bonds. The lowest BCUT2D eigenvalue weighted by Crippen LogP contribution is -2.17. The van der Waals surface area contributed by atoms with Crippen LogP contribution in [-0.4, -0.2) is 32.9 Å². The van der Waals surface area contributed by atoms with Gasteiger partial charge in [0.05, 0.1) is 13.5 Å². The van der Waals surface area contributed by atoms with Crippen molar-refractivity contribution >= 4 is 15.8 Å². The number of hydrogen-bond acceptors (Lipinski definition) is 4. The van der Waals surface area contributed by atoms with Crippen LogP contribution in [-0.2, 0) is 20.0 Å². The fourth-order valence-corrected chi connectivity index (χ4v) is 3.39. The van der Waals surface area contributed by atoms with E-state index in [9.17, 15) is 17.6 Å². The van der Waals surface area contributed by atoms with E-state index in [2.05, 4.69) is 0 Å². The van der Waals surface area contributed by atoms with Gasteiger partial charge in [-0.05, 0) is 24.5 Å². The summed E-state index contributed by atoms with van der Waals surface area (Å²) in [6.45, 7) is 0. The number of ether oxygens (including phenoxy) is 1. The number of methoxy groups -OCH3 is 1. The average Bonchev–Trinajstić information content (AvgIpc) is 3.06. The molecule has 0 heterocycles. The van der Waals surface area contributed by atoms with Crippen molar-refractivity contribution in [3.05, 3.63) is 23.5 Å². The predicted molar refractivity (Wildman–Crippen MR) is 69.2 cm³/mol. The van der Waals surface area contributed by atoms with Crippen molar-refractivity contribution in [3.63, 3.8) is 0 Å². The van der Waals surface area contributed by atoms with Gasteiger partial charge in [-0.2, -0.15) is 0 Å². The van der Waals surface area contributed by atoms with Crippen LogP contribution in [0.15, 0.2) is 17.0 Å². The molecule has 0 aliphatic heterocycles. The summed E-state index contributed by atoms with van der Waals surface area (Å²) in [5, 5.41) is 8.91. The molecule has 2 rings (SSSR count). The van der Waals surface area contributed by atoms with E-state index in [1.807, 2.05) is 0 Å². The van der Waals surface area contributed by atoms with Crippen molar-refractivity contribution in [2.24, 2.45) is 0 Å². The van der Waals surface area contributed by atoms with Crippen LogP contribution in [0.5, 0.6) is 5.75 Å². The van der Waals surface area contributed by atoms with Crippen molar-refractivity contribution in [3.8, 4) is 5.75 Å². The van der Waals surface area contributed by atoms with Gasteiger partial charge < -0.3 is 9.84 Å². The fourth-order valence-electron chi connectivity index (χ4n) is 2.44. The van der Waals surface area contributed by atoms with Crippen molar-refractivity contribution in [2.45, 2.75) is 29.6 Å². The average molecular weight is 302 g/mol. The Balaban J connectivity index is 2.61. The molecular formula is C13H15FO5S. The molecule has 0 unspecified atom stereocenters. The molecular weight excluding hydrogens is 287 g/mol. The maximum atomic E-state index is 14.5. The topological polar surface area (TPSA) is 80.7 Å². The number of hydrogen-bond donors (Lipinski definition) is 1. The van der Waals surface area contributed by atoms with Crippen LogP contribution in [0.25, 0.3) is 0 Å². The summed E-state index contributed by atoms with van der Waals surface area (Å²) >= 11 is 0. The van der Waals surface area contributed by atoms with Gasteiger partial charge in [-0.25, -0.2) is 12.8 Å². The van der Waals surface area contributed by atoms with Gasteiger partial charge in [0, 0.05) is 11.7 Å². The molecule has 110 valence electrons. The summed E-state index contributed by atoms with van der Waals surface area (Å²) in [6.07, 6.45) is 1.76. The zero-order valence-corrected chi connectivity index (χ0v) is 12.0. The van der Waals surface area contributed by atoms with Gasteiger partial charge in [0.1, 0.15) is 16.5 Å². The molecule has 1 aromatic carbocycles. The summed E-state index contributed by atoms with van der Waals surface area (Å²) in [7, 11) is -2.55. The highest BCUT2D eigenvalue weighted by atomic mass is 32.2. The Morgan fingerprint density at radius 3 is 2.45 bits per heavy atom. The second-order valence-corrected chi connectivity index (χ2v) is 7.03. The van der Waals surface area contributed by atoms with E-state index in [1.54, 1.807) is 0 Å². The maximum Gasteiger partial charge on any atom is 0.304 e. The Labute approximate surface area is 116 Å². The Bertz CT molecular complexity index is 662. The van der Waals surface area contributed by atoms with Crippen LogP contribution in [0.2, 0.25) is 0 Å². The highest BCUT2D eigenvalue weighted by Crippen LogP contribution is 2.53. The van der Waals surface area contributed by atoms with Gasteiger partial charge in [-0.15, -0.1) is 0 Å². The van der Waals surface area contributed by atoms with Crippen molar-refractivity contribution in [2.75, 3.05) is 13.4 Å². The third-order valence-corrected chi connectivity index (χ3v) is 4.69. The first-order valence-electron chi connectivity index (χ1n) is 6.00. The number of aliphatic carboxylic acids is 1. The Morgan fingerprint density at radius 2 is 2.05 bits per heavy atom. The molecule has 0 radical (unpaired) electrons. The van der Waals surface area contributed by atoms with E-state index < -0.39 is 31.9 Å². The smallest absolute Gasteiger partial charge is 0.304 e. The number of carbonyl (C=O) groups is 1. The number of halogens is 1. The van der Waals surface area contributed by atoms with Crippen LogP contribution < -0.4 is 4.74 Å². The molecule has 1 aromatic rings. The quantitative estimate of drug-likeness (QED) is 0.896. The van der Waals surface area contributed by atoms with Crippen molar-refractivity contribution < 1.29 is 27.4 Å². The minimum Gasteiger partial charge on any atom is -0.495 e. The molecule has 1 fully saturated rings. The van der Waals surface area contributed by atoms with E-state index in [0.29, 0.717) is 12.8 Å². The second-order valence-electron chi connectivity index (χ2n) is 5.08. The third kappa shape index (κ3) is 2.49.